The number of hydrogen-bond acceptors (Lipinski definition) is 2. The van der Waals surface area contributed by atoms with Crippen molar-refractivity contribution in [3.63, 3.8) is 0 Å². The maximum Gasteiger partial charge on any atom is 0.0221 e. The van der Waals surface area contributed by atoms with Crippen LogP contribution in [0.1, 0.15) is 59.8 Å². The van der Waals surface area contributed by atoms with Gasteiger partial charge in [0.05, 0.1) is 0 Å². The van der Waals surface area contributed by atoms with Gasteiger partial charge in [-0.15, -0.1) is 0 Å². The Kier molecular flexibility index (Phi) is 5.08. The predicted molar refractivity (Wildman–Crippen MR) is 78.8 cm³/mol. The van der Waals surface area contributed by atoms with Crippen molar-refractivity contribution in [3.05, 3.63) is 0 Å². The van der Waals surface area contributed by atoms with E-state index < -0.39 is 0 Å². The number of nitrogens with zero attached hydrogens (tertiary/aromatic N) is 1. The number of nitrogens with one attached hydrogen (secondary N) is 1. The molecule has 0 bridgehead atoms. The first-order valence-electron chi connectivity index (χ1n) is 8.11. The molecule has 0 aromatic carbocycles. The third-order valence-corrected chi connectivity index (χ3v) is 5.36. The second-order valence-corrected chi connectivity index (χ2v) is 6.87. The third kappa shape index (κ3) is 3.27. The molecule has 1 heterocycles. The summed E-state index contributed by atoms with van der Waals surface area (Å²) in [5.41, 5.74) is 0. The zero-order chi connectivity index (χ0) is 13.1. The summed E-state index contributed by atoms with van der Waals surface area (Å²) in [4.78, 5) is 2.82. The van der Waals surface area contributed by atoms with Crippen molar-refractivity contribution in [2.24, 2.45) is 11.8 Å². The molecule has 1 N–H and O–H groups in total. The third-order valence-electron chi connectivity index (χ3n) is 5.36. The first kappa shape index (κ1) is 14.3. The van der Waals surface area contributed by atoms with Crippen LogP contribution in [0, 0.1) is 11.8 Å². The molecule has 2 rings (SSSR count). The molecule has 18 heavy (non-hydrogen) atoms. The normalized spacial score (nSPS) is 40.7. The van der Waals surface area contributed by atoms with Crippen molar-refractivity contribution in [1.29, 1.82) is 0 Å². The van der Waals surface area contributed by atoms with Gasteiger partial charge in [-0.25, -0.2) is 0 Å². The standard InChI is InChI=1S/C16H32N2/c1-5-13(3)16-11-18(14(4)10-17-16)15-8-6-7-12(2)9-15/h12-17H,5-11H2,1-4H3. The van der Waals surface area contributed by atoms with E-state index in [9.17, 15) is 0 Å². The number of piperazine rings is 1. The van der Waals surface area contributed by atoms with Gasteiger partial charge in [0.1, 0.15) is 0 Å². The molecule has 1 saturated heterocycles. The second-order valence-electron chi connectivity index (χ2n) is 6.87. The van der Waals surface area contributed by atoms with E-state index >= 15 is 0 Å². The molecule has 5 atom stereocenters. The average Bonchev–Trinajstić information content (AvgIpc) is 2.38. The Labute approximate surface area is 114 Å². The fourth-order valence-corrected chi connectivity index (χ4v) is 3.79. The molecule has 2 fully saturated rings. The van der Waals surface area contributed by atoms with Crippen LogP contribution in [-0.2, 0) is 0 Å². The van der Waals surface area contributed by atoms with Crippen molar-refractivity contribution in [3.8, 4) is 0 Å². The van der Waals surface area contributed by atoms with Crippen molar-refractivity contribution in [2.45, 2.75) is 77.9 Å². The van der Waals surface area contributed by atoms with Crippen LogP contribution in [-0.4, -0.2) is 36.1 Å². The van der Waals surface area contributed by atoms with Gasteiger partial charge in [-0.2, -0.15) is 0 Å². The quantitative estimate of drug-likeness (QED) is 0.829. The summed E-state index contributed by atoms with van der Waals surface area (Å²) >= 11 is 0. The molecule has 0 amide bonds. The van der Waals surface area contributed by atoms with Crippen LogP contribution in [0.2, 0.25) is 0 Å². The van der Waals surface area contributed by atoms with Gasteiger partial charge < -0.3 is 5.32 Å². The number of hydrogen-bond donors (Lipinski definition) is 1. The van der Waals surface area contributed by atoms with Crippen molar-refractivity contribution >= 4 is 0 Å². The summed E-state index contributed by atoms with van der Waals surface area (Å²) in [7, 11) is 0. The van der Waals surface area contributed by atoms with Crippen molar-refractivity contribution < 1.29 is 0 Å². The maximum absolute atomic E-state index is 3.76. The van der Waals surface area contributed by atoms with Crippen LogP contribution in [0.3, 0.4) is 0 Å². The van der Waals surface area contributed by atoms with E-state index in [1.807, 2.05) is 0 Å². The van der Waals surface area contributed by atoms with E-state index in [4.69, 9.17) is 0 Å². The summed E-state index contributed by atoms with van der Waals surface area (Å²) in [5.74, 6) is 1.74. The van der Waals surface area contributed by atoms with Crippen LogP contribution in [0.15, 0.2) is 0 Å². The molecule has 106 valence electrons. The van der Waals surface area contributed by atoms with E-state index in [1.165, 1.54) is 45.2 Å². The van der Waals surface area contributed by atoms with Crippen LogP contribution in [0.25, 0.3) is 0 Å². The molecule has 0 aromatic rings. The smallest absolute Gasteiger partial charge is 0.0221 e. The minimum absolute atomic E-state index is 0.712. The minimum Gasteiger partial charge on any atom is -0.311 e. The highest BCUT2D eigenvalue weighted by Gasteiger charge is 2.33. The average molecular weight is 252 g/mol. The van der Waals surface area contributed by atoms with Crippen LogP contribution < -0.4 is 5.32 Å². The fourth-order valence-electron chi connectivity index (χ4n) is 3.79. The monoisotopic (exact) mass is 252 g/mol. The topological polar surface area (TPSA) is 15.3 Å². The summed E-state index contributed by atoms with van der Waals surface area (Å²) in [5, 5.41) is 3.76. The first-order chi connectivity index (χ1) is 8.61. The zero-order valence-electron chi connectivity index (χ0n) is 12.8. The predicted octanol–water partition coefficient (Wildman–Crippen LogP) is 3.27. The number of rotatable bonds is 3. The van der Waals surface area contributed by atoms with E-state index in [1.54, 1.807) is 0 Å². The molecule has 2 heteroatoms. The highest BCUT2D eigenvalue weighted by Crippen LogP contribution is 2.30. The molecule has 2 aliphatic rings. The van der Waals surface area contributed by atoms with Gasteiger partial charge in [-0.05, 0) is 31.6 Å². The Balaban J connectivity index is 1.96. The Morgan fingerprint density at radius 3 is 2.72 bits per heavy atom. The molecule has 0 aromatic heterocycles. The maximum atomic E-state index is 3.76. The van der Waals surface area contributed by atoms with E-state index in [0.29, 0.717) is 6.04 Å². The van der Waals surface area contributed by atoms with Crippen molar-refractivity contribution in [2.75, 3.05) is 13.1 Å². The molecule has 1 aliphatic carbocycles. The zero-order valence-corrected chi connectivity index (χ0v) is 12.8. The molecule has 1 saturated carbocycles. The Bertz CT molecular complexity index is 253. The van der Waals surface area contributed by atoms with Crippen LogP contribution in [0.5, 0.6) is 0 Å². The van der Waals surface area contributed by atoms with Gasteiger partial charge in [-0.3, -0.25) is 4.90 Å². The highest BCUT2D eigenvalue weighted by atomic mass is 15.3. The lowest BCUT2D eigenvalue weighted by atomic mass is 9.84. The summed E-state index contributed by atoms with van der Waals surface area (Å²) in [6, 6.07) is 2.29. The van der Waals surface area contributed by atoms with Crippen LogP contribution in [0.4, 0.5) is 0 Å². The molecule has 5 unspecified atom stereocenters. The molecule has 1 aliphatic heterocycles. The largest absolute Gasteiger partial charge is 0.311 e. The van der Waals surface area contributed by atoms with Crippen LogP contribution >= 0.6 is 0 Å². The molecule has 0 spiro atoms. The van der Waals surface area contributed by atoms with Crippen molar-refractivity contribution in [1.82, 2.24) is 10.2 Å². The Morgan fingerprint density at radius 2 is 2.06 bits per heavy atom. The minimum atomic E-state index is 0.712. The Morgan fingerprint density at radius 1 is 1.28 bits per heavy atom. The van der Waals surface area contributed by atoms with Gasteiger partial charge in [0.25, 0.3) is 0 Å². The Hall–Kier alpha value is -0.0800. The summed E-state index contributed by atoms with van der Waals surface area (Å²) in [6.07, 6.45) is 7.04. The molecule has 0 radical (unpaired) electrons. The first-order valence-corrected chi connectivity index (χ1v) is 8.11. The van der Waals surface area contributed by atoms with Gasteiger partial charge in [-0.1, -0.05) is 40.0 Å². The van der Waals surface area contributed by atoms with E-state index in [2.05, 4.69) is 37.9 Å². The lowest BCUT2D eigenvalue weighted by molar-refractivity contribution is 0.0474. The van der Waals surface area contributed by atoms with Gasteiger partial charge in [0, 0.05) is 31.2 Å². The van der Waals surface area contributed by atoms with Gasteiger partial charge in [0.2, 0.25) is 0 Å². The lowest BCUT2D eigenvalue weighted by Gasteiger charge is -2.47. The second kappa shape index (κ2) is 6.38. The molecular formula is C16H32N2. The van der Waals surface area contributed by atoms with E-state index in [0.717, 1.165) is 23.9 Å². The summed E-state index contributed by atoms with van der Waals surface area (Å²) < 4.78 is 0. The van der Waals surface area contributed by atoms with Gasteiger partial charge >= 0.3 is 0 Å². The van der Waals surface area contributed by atoms with Gasteiger partial charge in [0.15, 0.2) is 0 Å². The SMILES string of the molecule is CCC(C)C1CN(C2CCCC(C)C2)C(C)CN1. The lowest BCUT2D eigenvalue weighted by Crippen LogP contribution is -2.60. The molecule has 2 nitrogen and oxygen atoms in total. The summed E-state index contributed by atoms with van der Waals surface area (Å²) in [6.45, 7) is 12.0. The molecular weight excluding hydrogens is 220 g/mol. The highest BCUT2D eigenvalue weighted by molar-refractivity contribution is 4.91. The fraction of sp³-hybridized carbons (Fsp3) is 1.00. The van der Waals surface area contributed by atoms with E-state index in [-0.39, 0.29) is 0 Å².